The third-order valence-corrected chi connectivity index (χ3v) is 6.82. The van der Waals surface area contributed by atoms with Gasteiger partial charge < -0.3 is 24.4 Å². The highest BCUT2D eigenvalue weighted by atomic mass is 16.7. The number of benzene rings is 3. The minimum absolute atomic E-state index is 0.00294. The summed E-state index contributed by atoms with van der Waals surface area (Å²) in [7, 11) is 1.62. The fourth-order valence-corrected chi connectivity index (χ4v) is 4.45. The molecule has 0 aliphatic carbocycles. The van der Waals surface area contributed by atoms with Gasteiger partial charge in [0.25, 0.3) is 0 Å². The van der Waals surface area contributed by atoms with E-state index in [1.54, 1.807) is 12.0 Å². The Kier molecular flexibility index (Phi) is 9.25. The number of methoxy groups -OCH3 is 1. The van der Waals surface area contributed by atoms with Gasteiger partial charge in [0.15, 0.2) is 11.5 Å². The summed E-state index contributed by atoms with van der Waals surface area (Å²) in [6, 6.07) is 22.5. The van der Waals surface area contributed by atoms with Crippen LogP contribution in [0.15, 0.2) is 72.8 Å². The Hall–Kier alpha value is -4.00. The average molecular weight is 517 g/mol. The summed E-state index contributed by atoms with van der Waals surface area (Å²) >= 11 is 0. The Labute approximate surface area is 224 Å². The van der Waals surface area contributed by atoms with Crippen LogP contribution >= 0.6 is 0 Å². The Bertz CT molecular complexity index is 1230. The van der Waals surface area contributed by atoms with E-state index in [1.807, 2.05) is 86.6 Å². The monoisotopic (exact) mass is 516 g/mol. The maximum atomic E-state index is 13.9. The van der Waals surface area contributed by atoms with Crippen LogP contribution in [0.3, 0.4) is 0 Å². The van der Waals surface area contributed by atoms with Gasteiger partial charge in [0.1, 0.15) is 11.8 Å². The number of nitrogens with zero attached hydrogens (tertiary/aromatic N) is 1. The van der Waals surface area contributed by atoms with Gasteiger partial charge in [0.2, 0.25) is 18.6 Å². The van der Waals surface area contributed by atoms with Gasteiger partial charge in [0, 0.05) is 25.4 Å². The molecule has 7 nitrogen and oxygen atoms in total. The molecule has 0 unspecified atom stereocenters. The predicted molar refractivity (Wildman–Crippen MR) is 146 cm³/mol. The first kappa shape index (κ1) is 27.0. The number of fused-ring (bicyclic) bond motifs is 1. The van der Waals surface area contributed by atoms with Gasteiger partial charge in [0.05, 0.1) is 7.11 Å². The lowest BCUT2D eigenvalue weighted by atomic mass is 10.0. The topological polar surface area (TPSA) is 77.1 Å². The third-order valence-electron chi connectivity index (χ3n) is 6.82. The zero-order valence-corrected chi connectivity index (χ0v) is 22.3. The molecule has 1 heterocycles. The SMILES string of the molecule is CC[C@H](C)NC(=O)[C@@H](Cc1ccccc1)N(Cc1cccc(OC)c1)C(=O)CCc1ccc2c(c1)OCO2. The second-order valence-corrected chi connectivity index (χ2v) is 9.58. The summed E-state index contributed by atoms with van der Waals surface area (Å²) in [6.45, 7) is 4.51. The maximum Gasteiger partial charge on any atom is 0.243 e. The summed E-state index contributed by atoms with van der Waals surface area (Å²) in [5, 5.41) is 3.11. The minimum Gasteiger partial charge on any atom is -0.497 e. The molecule has 7 heteroatoms. The van der Waals surface area contributed by atoms with Crippen LogP contribution in [0.2, 0.25) is 0 Å². The van der Waals surface area contributed by atoms with Gasteiger partial charge in [-0.15, -0.1) is 0 Å². The van der Waals surface area contributed by atoms with E-state index in [-0.39, 0.29) is 31.1 Å². The number of amides is 2. The lowest BCUT2D eigenvalue weighted by Crippen LogP contribution is -2.52. The van der Waals surface area contributed by atoms with Crippen molar-refractivity contribution in [2.45, 2.75) is 58.2 Å². The molecule has 0 saturated carbocycles. The molecule has 0 bridgehead atoms. The second kappa shape index (κ2) is 13.0. The molecule has 0 radical (unpaired) electrons. The summed E-state index contributed by atoms with van der Waals surface area (Å²) < 4.78 is 16.3. The zero-order valence-electron chi connectivity index (χ0n) is 22.3. The van der Waals surface area contributed by atoms with Gasteiger partial charge in [-0.3, -0.25) is 9.59 Å². The molecule has 3 aromatic rings. The largest absolute Gasteiger partial charge is 0.497 e. The summed E-state index contributed by atoms with van der Waals surface area (Å²) in [5.41, 5.74) is 2.87. The normalized spacial score (nSPS) is 13.4. The lowest BCUT2D eigenvalue weighted by Gasteiger charge is -2.32. The van der Waals surface area contributed by atoms with Crippen LogP contribution in [0.5, 0.6) is 17.2 Å². The van der Waals surface area contributed by atoms with Crippen LogP contribution < -0.4 is 19.5 Å². The smallest absolute Gasteiger partial charge is 0.243 e. The number of carbonyl (C=O) groups is 2. The fourth-order valence-electron chi connectivity index (χ4n) is 4.45. The maximum absolute atomic E-state index is 13.9. The fraction of sp³-hybridized carbons (Fsp3) is 0.355. The molecule has 200 valence electrons. The molecule has 1 N–H and O–H groups in total. The quantitative estimate of drug-likeness (QED) is 0.370. The first-order chi connectivity index (χ1) is 18.5. The highest BCUT2D eigenvalue weighted by Gasteiger charge is 2.31. The Morgan fingerprint density at radius 1 is 0.947 bits per heavy atom. The van der Waals surface area contributed by atoms with Crippen LogP contribution in [-0.2, 0) is 29.0 Å². The lowest BCUT2D eigenvalue weighted by molar-refractivity contribution is -0.141. The van der Waals surface area contributed by atoms with E-state index < -0.39 is 6.04 Å². The van der Waals surface area contributed by atoms with E-state index in [9.17, 15) is 9.59 Å². The van der Waals surface area contributed by atoms with Crippen LogP contribution in [0, 0.1) is 0 Å². The number of rotatable bonds is 12. The number of hydrogen-bond acceptors (Lipinski definition) is 5. The summed E-state index contributed by atoms with van der Waals surface area (Å²) in [6.07, 6.45) is 2.00. The van der Waals surface area contributed by atoms with Crippen LogP contribution in [0.4, 0.5) is 0 Å². The van der Waals surface area contributed by atoms with Crippen LogP contribution in [0.1, 0.15) is 43.4 Å². The van der Waals surface area contributed by atoms with Crippen molar-refractivity contribution in [3.63, 3.8) is 0 Å². The number of aryl methyl sites for hydroxylation is 1. The van der Waals surface area contributed by atoms with Crippen molar-refractivity contribution in [1.29, 1.82) is 0 Å². The van der Waals surface area contributed by atoms with Crippen molar-refractivity contribution in [3.8, 4) is 17.2 Å². The van der Waals surface area contributed by atoms with E-state index in [0.29, 0.717) is 36.6 Å². The van der Waals surface area contributed by atoms with E-state index in [1.165, 1.54) is 0 Å². The van der Waals surface area contributed by atoms with Crippen LogP contribution in [-0.4, -0.2) is 42.7 Å². The van der Waals surface area contributed by atoms with Crippen molar-refractivity contribution in [1.82, 2.24) is 10.2 Å². The molecular formula is C31H36N2O5. The number of carbonyl (C=O) groups excluding carboxylic acids is 2. The van der Waals surface area contributed by atoms with Gasteiger partial charge in [-0.1, -0.05) is 55.5 Å². The molecule has 1 aliphatic heterocycles. The Balaban J connectivity index is 1.61. The van der Waals surface area contributed by atoms with Crippen molar-refractivity contribution >= 4 is 11.8 Å². The van der Waals surface area contributed by atoms with E-state index in [0.717, 1.165) is 23.1 Å². The molecule has 0 saturated heterocycles. The molecule has 2 atom stereocenters. The van der Waals surface area contributed by atoms with Crippen molar-refractivity contribution in [3.05, 3.63) is 89.5 Å². The van der Waals surface area contributed by atoms with Gasteiger partial charge in [-0.2, -0.15) is 0 Å². The minimum atomic E-state index is -0.665. The molecular weight excluding hydrogens is 480 g/mol. The standard InChI is InChI=1S/C31H36N2O5/c1-4-22(2)32-31(35)27(18-23-9-6-5-7-10-23)33(20-25-11-8-12-26(17-25)36-3)30(34)16-14-24-13-15-28-29(19-24)38-21-37-28/h5-13,15,17,19,22,27H,4,14,16,18,20-21H2,1-3H3,(H,32,35)/t22-,27+/m0/s1. The number of ether oxygens (including phenoxy) is 3. The molecule has 0 aromatic heterocycles. The highest BCUT2D eigenvalue weighted by molar-refractivity contribution is 5.88. The molecule has 2 amide bonds. The van der Waals surface area contributed by atoms with Gasteiger partial charge in [-0.05, 0) is 60.7 Å². The number of hydrogen-bond donors (Lipinski definition) is 1. The molecule has 38 heavy (non-hydrogen) atoms. The Morgan fingerprint density at radius 2 is 1.71 bits per heavy atom. The van der Waals surface area contributed by atoms with E-state index in [2.05, 4.69) is 5.32 Å². The summed E-state index contributed by atoms with van der Waals surface area (Å²) in [4.78, 5) is 29.2. The zero-order chi connectivity index (χ0) is 26.9. The van der Waals surface area contributed by atoms with Gasteiger partial charge in [-0.25, -0.2) is 0 Å². The molecule has 3 aromatic carbocycles. The van der Waals surface area contributed by atoms with Crippen molar-refractivity contribution in [2.24, 2.45) is 0 Å². The highest BCUT2D eigenvalue weighted by Crippen LogP contribution is 2.33. The van der Waals surface area contributed by atoms with Crippen LogP contribution in [0.25, 0.3) is 0 Å². The van der Waals surface area contributed by atoms with E-state index >= 15 is 0 Å². The molecule has 1 aliphatic rings. The molecule has 0 fully saturated rings. The van der Waals surface area contributed by atoms with E-state index in [4.69, 9.17) is 14.2 Å². The first-order valence-electron chi connectivity index (χ1n) is 13.1. The third kappa shape index (κ3) is 7.06. The van der Waals surface area contributed by atoms with Crippen molar-refractivity contribution < 1.29 is 23.8 Å². The summed E-state index contributed by atoms with van der Waals surface area (Å²) in [5.74, 6) is 1.87. The second-order valence-electron chi connectivity index (χ2n) is 9.58. The predicted octanol–water partition coefficient (Wildman–Crippen LogP) is 4.91. The average Bonchev–Trinajstić information content (AvgIpc) is 3.42. The van der Waals surface area contributed by atoms with Gasteiger partial charge >= 0.3 is 0 Å². The Morgan fingerprint density at radius 3 is 2.47 bits per heavy atom. The first-order valence-corrected chi connectivity index (χ1v) is 13.1. The molecule has 4 rings (SSSR count). The number of nitrogens with one attached hydrogen (secondary N) is 1. The van der Waals surface area contributed by atoms with Crippen molar-refractivity contribution in [2.75, 3.05) is 13.9 Å². The molecule has 0 spiro atoms.